The lowest BCUT2D eigenvalue weighted by Crippen LogP contribution is -2.39. The molecule has 1 saturated heterocycles. The fraction of sp³-hybridized carbons (Fsp3) is 0.562. The summed E-state index contributed by atoms with van der Waals surface area (Å²) >= 11 is 0. The van der Waals surface area contributed by atoms with Crippen molar-refractivity contribution in [1.29, 1.82) is 0 Å². The molecule has 2 atom stereocenters. The number of rotatable bonds is 5. The smallest absolute Gasteiger partial charge is 0.226 e. The lowest BCUT2D eigenvalue weighted by molar-refractivity contribution is -0.134. The van der Waals surface area contributed by atoms with Crippen LogP contribution in [-0.2, 0) is 9.53 Å². The average Bonchev–Trinajstić information content (AvgIpc) is 2.48. The third kappa shape index (κ3) is 3.81. The molecule has 0 radical (unpaired) electrons. The van der Waals surface area contributed by atoms with Gasteiger partial charge in [-0.3, -0.25) is 4.79 Å². The second-order valence-corrected chi connectivity index (χ2v) is 5.35. The van der Waals surface area contributed by atoms with E-state index in [1.165, 1.54) is 5.56 Å². The van der Waals surface area contributed by atoms with Crippen molar-refractivity contribution in [1.82, 2.24) is 10.6 Å². The van der Waals surface area contributed by atoms with Gasteiger partial charge in [0.2, 0.25) is 5.91 Å². The Labute approximate surface area is 120 Å². The SMILES string of the molecule is CNCCNC(=O)C1CCCOC1c1ccc(C)cc1. The summed E-state index contributed by atoms with van der Waals surface area (Å²) in [6.07, 6.45) is 1.73. The predicted octanol–water partition coefficient (Wildman–Crippen LogP) is 1.80. The van der Waals surface area contributed by atoms with Crippen LogP contribution in [-0.4, -0.2) is 32.7 Å². The predicted molar refractivity (Wildman–Crippen MR) is 79.5 cm³/mol. The van der Waals surface area contributed by atoms with E-state index in [1.807, 2.05) is 7.05 Å². The molecule has 4 heteroatoms. The molecule has 2 rings (SSSR count). The van der Waals surface area contributed by atoms with Gasteiger partial charge in [-0.15, -0.1) is 0 Å². The normalized spacial score (nSPS) is 22.5. The Bertz CT molecular complexity index is 431. The quantitative estimate of drug-likeness (QED) is 0.806. The molecule has 0 aliphatic carbocycles. The molecule has 4 nitrogen and oxygen atoms in total. The van der Waals surface area contributed by atoms with Gasteiger partial charge in [0, 0.05) is 19.7 Å². The van der Waals surface area contributed by atoms with Crippen molar-refractivity contribution >= 4 is 5.91 Å². The molecule has 1 heterocycles. The molecule has 20 heavy (non-hydrogen) atoms. The first-order valence-electron chi connectivity index (χ1n) is 7.33. The summed E-state index contributed by atoms with van der Waals surface area (Å²) in [7, 11) is 1.88. The van der Waals surface area contributed by atoms with Crippen LogP contribution in [0.3, 0.4) is 0 Å². The molecule has 1 aromatic rings. The fourth-order valence-electron chi connectivity index (χ4n) is 2.58. The molecular weight excluding hydrogens is 252 g/mol. The van der Waals surface area contributed by atoms with Gasteiger partial charge in [-0.25, -0.2) is 0 Å². The van der Waals surface area contributed by atoms with Gasteiger partial charge >= 0.3 is 0 Å². The Morgan fingerprint density at radius 2 is 2.05 bits per heavy atom. The first kappa shape index (κ1) is 15.0. The van der Waals surface area contributed by atoms with E-state index in [4.69, 9.17) is 4.74 Å². The summed E-state index contributed by atoms with van der Waals surface area (Å²) in [4.78, 5) is 12.3. The average molecular weight is 276 g/mol. The van der Waals surface area contributed by atoms with Crippen molar-refractivity contribution in [3.63, 3.8) is 0 Å². The van der Waals surface area contributed by atoms with Crippen LogP contribution >= 0.6 is 0 Å². The van der Waals surface area contributed by atoms with Crippen LogP contribution in [0.5, 0.6) is 0 Å². The van der Waals surface area contributed by atoms with Gasteiger partial charge in [-0.05, 0) is 32.4 Å². The molecule has 1 fully saturated rings. The Kier molecular flexibility index (Phi) is 5.56. The summed E-state index contributed by atoms with van der Waals surface area (Å²) in [5, 5.41) is 6.01. The monoisotopic (exact) mass is 276 g/mol. The summed E-state index contributed by atoms with van der Waals surface area (Å²) in [6, 6.07) is 8.28. The maximum Gasteiger partial charge on any atom is 0.226 e. The number of hydrogen-bond acceptors (Lipinski definition) is 3. The molecule has 2 unspecified atom stereocenters. The number of aryl methyl sites for hydroxylation is 1. The first-order valence-corrected chi connectivity index (χ1v) is 7.33. The molecule has 0 spiro atoms. The molecule has 2 N–H and O–H groups in total. The van der Waals surface area contributed by atoms with Crippen LogP contribution in [0.25, 0.3) is 0 Å². The van der Waals surface area contributed by atoms with E-state index < -0.39 is 0 Å². The molecule has 1 aliphatic rings. The Balaban J connectivity index is 2.04. The number of likely N-dealkylation sites (N-methyl/N-ethyl adjacent to an activating group) is 1. The van der Waals surface area contributed by atoms with Crippen LogP contribution in [0, 0.1) is 12.8 Å². The summed E-state index contributed by atoms with van der Waals surface area (Å²) in [5.41, 5.74) is 2.32. The lowest BCUT2D eigenvalue weighted by Gasteiger charge is -2.31. The maximum atomic E-state index is 12.3. The van der Waals surface area contributed by atoms with Gasteiger partial charge in [0.25, 0.3) is 0 Å². The standard InChI is InChI=1S/C16H24N2O2/c1-12-5-7-13(8-6-12)15-14(4-3-11-20-15)16(19)18-10-9-17-2/h5-8,14-15,17H,3-4,9-11H2,1-2H3,(H,18,19). The second-order valence-electron chi connectivity index (χ2n) is 5.35. The first-order chi connectivity index (χ1) is 9.72. The number of benzene rings is 1. The number of ether oxygens (including phenoxy) is 1. The highest BCUT2D eigenvalue weighted by atomic mass is 16.5. The molecule has 0 aromatic heterocycles. The van der Waals surface area contributed by atoms with Crippen LogP contribution in [0.15, 0.2) is 24.3 Å². The largest absolute Gasteiger partial charge is 0.373 e. The second kappa shape index (κ2) is 7.41. The zero-order chi connectivity index (χ0) is 14.4. The van der Waals surface area contributed by atoms with E-state index in [-0.39, 0.29) is 17.9 Å². The van der Waals surface area contributed by atoms with Crippen LogP contribution in [0.4, 0.5) is 0 Å². The molecule has 0 saturated carbocycles. The van der Waals surface area contributed by atoms with Crippen LogP contribution in [0.2, 0.25) is 0 Å². The molecule has 1 amide bonds. The van der Waals surface area contributed by atoms with E-state index in [2.05, 4.69) is 41.8 Å². The van der Waals surface area contributed by atoms with E-state index in [0.717, 1.165) is 31.6 Å². The van der Waals surface area contributed by atoms with Crippen molar-refractivity contribution in [2.24, 2.45) is 5.92 Å². The lowest BCUT2D eigenvalue weighted by atomic mass is 9.88. The van der Waals surface area contributed by atoms with E-state index in [0.29, 0.717) is 6.54 Å². The van der Waals surface area contributed by atoms with Gasteiger partial charge in [0.1, 0.15) is 0 Å². The number of carbonyl (C=O) groups excluding carboxylic acids is 1. The Hall–Kier alpha value is -1.39. The molecule has 0 bridgehead atoms. The van der Waals surface area contributed by atoms with Gasteiger partial charge in [0.15, 0.2) is 0 Å². The van der Waals surface area contributed by atoms with E-state index in [9.17, 15) is 4.79 Å². The van der Waals surface area contributed by atoms with E-state index >= 15 is 0 Å². The summed E-state index contributed by atoms with van der Waals surface area (Å²) < 4.78 is 5.87. The number of nitrogens with one attached hydrogen (secondary N) is 2. The molecular formula is C16H24N2O2. The van der Waals surface area contributed by atoms with E-state index in [1.54, 1.807) is 0 Å². The number of hydrogen-bond donors (Lipinski definition) is 2. The summed E-state index contributed by atoms with van der Waals surface area (Å²) in [6.45, 7) is 4.24. The highest BCUT2D eigenvalue weighted by Crippen LogP contribution is 2.33. The van der Waals surface area contributed by atoms with Gasteiger partial charge in [-0.1, -0.05) is 29.8 Å². The van der Waals surface area contributed by atoms with Gasteiger partial charge in [-0.2, -0.15) is 0 Å². The van der Waals surface area contributed by atoms with Crippen molar-refractivity contribution in [2.45, 2.75) is 25.9 Å². The highest BCUT2D eigenvalue weighted by Gasteiger charge is 2.32. The van der Waals surface area contributed by atoms with Crippen molar-refractivity contribution < 1.29 is 9.53 Å². The minimum atomic E-state index is -0.112. The zero-order valence-corrected chi connectivity index (χ0v) is 12.3. The minimum Gasteiger partial charge on any atom is -0.373 e. The minimum absolute atomic E-state index is 0.0803. The van der Waals surface area contributed by atoms with Crippen molar-refractivity contribution in [3.05, 3.63) is 35.4 Å². The topological polar surface area (TPSA) is 50.4 Å². The van der Waals surface area contributed by atoms with Crippen molar-refractivity contribution in [2.75, 3.05) is 26.7 Å². The maximum absolute atomic E-state index is 12.3. The molecule has 1 aromatic carbocycles. The Morgan fingerprint density at radius 3 is 2.75 bits per heavy atom. The van der Waals surface area contributed by atoms with Gasteiger partial charge < -0.3 is 15.4 Å². The highest BCUT2D eigenvalue weighted by molar-refractivity contribution is 5.79. The third-order valence-corrected chi connectivity index (χ3v) is 3.74. The van der Waals surface area contributed by atoms with Crippen LogP contribution in [0.1, 0.15) is 30.1 Å². The molecule has 1 aliphatic heterocycles. The van der Waals surface area contributed by atoms with Gasteiger partial charge in [0.05, 0.1) is 12.0 Å². The Morgan fingerprint density at radius 1 is 1.30 bits per heavy atom. The van der Waals surface area contributed by atoms with Crippen molar-refractivity contribution in [3.8, 4) is 0 Å². The fourth-order valence-corrected chi connectivity index (χ4v) is 2.58. The molecule has 110 valence electrons. The number of carbonyl (C=O) groups is 1. The zero-order valence-electron chi connectivity index (χ0n) is 12.3. The summed E-state index contributed by atoms with van der Waals surface area (Å²) in [5.74, 6) is 0.0221. The number of amides is 1. The third-order valence-electron chi connectivity index (χ3n) is 3.74. The van der Waals surface area contributed by atoms with Crippen LogP contribution < -0.4 is 10.6 Å².